The quantitative estimate of drug-likeness (QED) is 0.508. The van der Waals surface area contributed by atoms with Gasteiger partial charge >= 0.3 is 6.03 Å². The molecule has 0 aromatic carbocycles. The summed E-state index contributed by atoms with van der Waals surface area (Å²) in [6.07, 6.45) is 7.71. The highest BCUT2D eigenvalue weighted by Crippen LogP contribution is 2.17. The fraction of sp³-hybridized carbons (Fsp3) is 0.867. The fourth-order valence-corrected chi connectivity index (χ4v) is 2.46. The van der Waals surface area contributed by atoms with E-state index in [1.165, 1.54) is 19.3 Å². The van der Waals surface area contributed by atoms with Crippen molar-refractivity contribution in [2.45, 2.75) is 70.4 Å². The van der Waals surface area contributed by atoms with Crippen molar-refractivity contribution in [3.8, 4) is 0 Å². The second-order valence-electron chi connectivity index (χ2n) is 5.95. The Kier molecular flexibility index (Phi) is 8.82. The van der Waals surface area contributed by atoms with Gasteiger partial charge in [0.25, 0.3) is 0 Å². The van der Waals surface area contributed by atoms with E-state index in [0.717, 1.165) is 19.3 Å². The first-order valence-electron chi connectivity index (χ1n) is 8.14. The first-order valence-corrected chi connectivity index (χ1v) is 8.14. The van der Waals surface area contributed by atoms with Crippen molar-refractivity contribution in [1.29, 1.82) is 0 Å². The van der Waals surface area contributed by atoms with Gasteiger partial charge < -0.3 is 21.7 Å². The number of carbonyl (C=O) groups is 2. The SMILES string of the molecule is CC(N)CCNC(=O)CCCNC(=O)NC1CCCCC1. The third kappa shape index (κ3) is 9.28. The summed E-state index contributed by atoms with van der Waals surface area (Å²) in [5.41, 5.74) is 5.60. The van der Waals surface area contributed by atoms with E-state index in [-0.39, 0.29) is 18.0 Å². The Hall–Kier alpha value is -1.30. The predicted molar refractivity (Wildman–Crippen MR) is 83.9 cm³/mol. The summed E-state index contributed by atoms with van der Waals surface area (Å²) in [5.74, 6) is 0.0186. The first kappa shape index (κ1) is 17.8. The van der Waals surface area contributed by atoms with Gasteiger partial charge in [0.15, 0.2) is 0 Å². The number of nitrogens with one attached hydrogen (secondary N) is 3. The Morgan fingerprint density at radius 1 is 1.14 bits per heavy atom. The zero-order valence-corrected chi connectivity index (χ0v) is 13.1. The minimum absolute atomic E-state index is 0.0186. The van der Waals surface area contributed by atoms with E-state index in [9.17, 15) is 9.59 Å². The van der Waals surface area contributed by atoms with Crippen LogP contribution < -0.4 is 21.7 Å². The molecule has 0 aromatic rings. The van der Waals surface area contributed by atoms with Crippen molar-refractivity contribution in [3.05, 3.63) is 0 Å². The van der Waals surface area contributed by atoms with Crippen molar-refractivity contribution in [1.82, 2.24) is 16.0 Å². The molecule has 0 aromatic heterocycles. The van der Waals surface area contributed by atoms with Crippen molar-refractivity contribution in [3.63, 3.8) is 0 Å². The summed E-state index contributed by atoms with van der Waals surface area (Å²) in [6, 6.07) is 0.315. The van der Waals surface area contributed by atoms with Crippen LogP contribution in [0.3, 0.4) is 0 Å². The van der Waals surface area contributed by atoms with E-state index in [4.69, 9.17) is 5.73 Å². The fourth-order valence-electron chi connectivity index (χ4n) is 2.46. The maximum Gasteiger partial charge on any atom is 0.315 e. The maximum absolute atomic E-state index is 11.7. The highest BCUT2D eigenvalue weighted by Gasteiger charge is 2.15. The third-order valence-electron chi connectivity index (χ3n) is 3.73. The van der Waals surface area contributed by atoms with Gasteiger partial charge in [-0.15, -0.1) is 0 Å². The lowest BCUT2D eigenvalue weighted by Gasteiger charge is -2.22. The van der Waals surface area contributed by atoms with E-state index in [1.54, 1.807) is 0 Å². The van der Waals surface area contributed by atoms with Gasteiger partial charge in [0.1, 0.15) is 0 Å². The molecule has 0 saturated heterocycles. The Bertz CT molecular complexity index is 315. The molecule has 1 aliphatic carbocycles. The largest absolute Gasteiger partial charge is 0.356 e. The molecule has 6 nitrogen and oxygen atoms in total. The van der Waals surface area contributed by atoms with Gasteiger partial charge in [0.2, 0.25) is 5.91 Å². The van der Waals surface area contributed by atoms with Crippen LogP contribution in [-0.4, -0.2) is 37.1 Å². The molecule has 21 heavy (non-hydrogen) atoms. The monoisotopic (exact) mass is 298 g/mol. The second-order valence-corrected chi connectivity index (χ2v) is 5.95. The Balaban J connectivity index is 1.97. The van der Waals surface area contributed by atoms with Gasteiger partial charge in [-0.05, 0) is 32.6 Å². The van der Waals surface area contributed by atoms with Crippen LogP contribution in [0.2, 0.25) is 0 Å². The van der Waals surface area contributed by atoms with Crippen molar-refractivity contribution in [2.24, 2.45) is 5.73 Å². The lowest BCUT2D eigenvalue weighted by molar-refractivity contribution is -0.121. The summed E-state index contributed by atoms with van der Waals surface area (Å²) in [6.45, 7) is 3.06. The minimum Gasteiger partial charge on any atom is -0.356 e. The van der Waals surface area contributed by atoms with Gasteiger partial charge in [-0.25, -0.2) is 4.79 Å². The van der Waals surface area contributed by atoms with Crippen LogP contribution in [0.1, 0.15) is 58.3 Å². The Morgan fingerprint density at radius 2 is 1.86 bits per heavy atom. The van der Waals surface area contributed by atoms with E-state index >= 15 is 0 Å². The number of urea groups is 1. The highest BCUT2D eigenvalue weighted by atomic mass is 16.2. The summed E-state index contributed by atoms with van der Waals surface area (Å²) in [4.78, 5) is 23.2. The van der Waals surface area contributed by atoms with Crippen LogP contribution in [0.25, 0.3) is 0 Å². The van der Waals surface area contributed by atoms with Crippen LogP contribution in [0.5, 0.6) is 0 Å². The lowest BCUT2D eigenvalue weighted by Crippen LogP contribution is -2.43. The van der Waals surface area contributed by atoms with Gasteiger partial charge in [-0.1, -0.05) is 19.3 Å². The number of hydrogen-bond acceptors (Lipinski definition) is 3. The minimum atomic E-state index is -0.112. The van der Waals surface area contributed by atoms with Gasteiger partial charge in [-0.2, -0.15) is 0 Å². The summed E-state index contributed by atoms with van der Waals surface area (Å²) in [5, 5.41) is 8.62. The molecule has 0 radical (unpaired) electrons. The normalized spacial score (nSPS) is 17.0. The van der Waals surface area contributed by atoms with E-state index in [1.807, 2.05) is 6.92 Å². The average molecular weight is 298 g/mol. The number of hydrogen-bond donors (Lipinski definition) is 4. The average Bonchev–Trinajstić information content (AvgIpc) is 2.44. The van der Waals surface area contributed by atoms with Crippen LogP contribution in [0.15, 0.2) is 0 Å². The molecule has 1 atom stereocenters. The summed E-state index contributed by atoms with van der Waals surface area (Å²) in [7, 11) is 0. The number of amides is 3. The summed E-state index contributed by atoms with van der Waals surface area (Å²) < 4.78 is 0. The summed E-state index contributed by atoms with van der Waals surface area (Å²) >= 11 is 0. The zero-order chi connectivity index (χ0) is 15.5. The molecule has 0 aliphatic heterocycles. The molecule has 6 heteroatoms. The van der Waals surface area contributed by atoms with Crippen LogP contribution >= 0.6 is 0 Å². The van der Waals surface area contributed by atoms with Crippen LogP contribution in [0.4, 0.5) is 4.79 Å². The highest BCUT2D eigenvalue weighted by molar-refractivity contribution is 5.76. The van der Waals surface area contributed by atoms with Gasteiger partial charge in [-0.3, -0.25) is 4.79 Å². The lowest BCUT2D eigenvalue weighted by atomic mass is 9.96. The molecule has 3 amide bonds. The topological polar surface area (TPSA) is 96.2 Å². The molecular weight excluding hydrogens is 268 g/mol. The Labute approximate surface area is 127 Å². The first-order chi connectivity index (χ1) is 10.1. The number of rotatable bonds is 8. The molecule has 1 aliphatic rings. The van der Waals surface area contributed by atoms with Crippen molar-refractivity contribution < 1.29 is 9.59 Å². The molecular formula is C15H30N4O2. The maximum atomic E-state index is 11.7. The van der Waals surface area contributed by atoms with E-state index < -0.39 is 0 Å². The van der Waals surface area contributed by atoms with Crippen molar-refractivity contribution >= 4 is 11.9 Å². The molecule has 5 N–H and O–H groups in total. The molecule has 122 valence electrons. The van der Waals surface area contributed by atoms with Crippen LogP contribution in [-0.2, 0) is 4.79 Å². The van der Waals surface area contributed by atoms with Gasteiger partial charge in [0.05, 0.1) is 0 Å². The van der Waals surface area contributed by atoms with E-state index in [2.05, 4.69) is 16.0 Å². The predicted octanol–water partition coefficient (Wildman–Crippen LogP) is 1.25. The number of nitrogens with two attached hydrogens (primary N) is 1. The zero-order valence-electron chi connectivity index (χ0n) is 13.1. The molecule has 1 unspecified atom stereocenters. The standard InChI is InChI=1S/C15H30N4O2/c1-12(16)9-11-17-14(20)8-5-10-18-15(21)19-13-6-3-2-4-7-13/h12-13H,2-11,16H2,1H3,(H,17,20)(H2,18,19,21). The Morgan fingerprint density at radius 3 is 2.52 bits per heavy atom. The smallest absolute Gasteiger partial charge is 0.315 e. The van der Waals surface area contributed by atoms with Crippen molar-refractivity contribution in [2.75, 3.05) is 13.1 Å². The molecule has 1 fully saturated rings. The molecule has 1 saturated carbocycles. The second kappa shape index (κ2) is 10.4. The molecule has 0 heterocycles. The third-order valence-corrected chi connectivity index (χ3v) is 3.73. The van der Waals surface area contributed by atoms with E-state index in [0.29, 0.717) is 32.0 Å². The molecule has 0 spiro atoms. The number of carbonyl (C=O) groups excluding carboxylic acids is 2. The molecule has 1 rings (SSSR count). The van der Waals surface area contributed by atoms with Gasteiger partial charge in [0, 0.05) is 31.6 Å². The van der Waals surface area contributed by atoms with Crippen LogP contribution in [0, 0.1) is 0 Å². The molecule has 0 bridgehead atoms.